The third-order valence-electron chi connectivity index (χ3n) is 9.36. The van der Waals surface area contributed by atoms with Gasteiger partial charge in [0.1, 0.15) is 0 Å². The molecule has 2 aliphatic rings. The maximum absolute atomic E-state index is 13.7. The maximum atomic E-state index is 13.7. The molecule has 6 heteroatoms. The smallest absolute Gasteiger partial charge is 0.261 e. The molecular formula is C33H43NO3SSi. The van der Waals surface area contributed by atoms with Crippen LogP contribution in [-0.2, 0) is 14.4 Å². The van der Waals surface area contributed by atoms with Gasteiger partial charge in [-0.25, -0.2) is 8.42 Å². The molecule has 5 atom stereocenters. The standard InChI is InChI=1S/C33H43NO3SSi/c1-24-17-19-27(20-18-24)38(35,36)34-22-25(2)30-21-32(26(3)31(30)23-34)37-39(33(4,5)6,28-13-9-7-10-14-28)29-15-11-8-12-16-29/h7-20,25-26,30-32H,21-23H2,1-6H3/t25-,26-,30+,31-,32-/m0/s1. The Kier molecular flexibility index (Phi) is 7.70. The van der Waals surface area contributed by atoms with Crippen LogP contribution in [0.5, 0.6) is 0 Å². The minimum absolute atomic E-state index is 0.0794. The van der Waals surface area contributed by atoms with E-state index in [1.165, 1.54) is 10.4 Å². The van der Waals surface area contributed by atoms with E-state index in [1.807, 2.05) is 19.1 Å². The summed E-state index contributed by atoms with van der Waals surface area (Å²) in [6.45, 7) is 14.6. The van der Waals surface area contributed by atoms with Gasteiger partial charge in [-0.05, 0) is 64.6 Å². The van der Waals surface area contributed by atoms with Crippen molar-refractivity contribution in [3.8, 4) is 0 Å². The number of hydrogen-bond acceptors (Lipinski definition) is 3. The molecule has 1 heterocycles. The fourth-order valence-electron chi connectivity index (χ4n) is 7.17. The third-order valence-corrected chi connectivity index (χ3v) is 16.3. The normalized spacial score (nSPS) is 26.4. The lowest BCUT2D eigenvalue weighted by Gasteiger charge is -2.45. The minimum atomic E-state index is -3.53. The topological polar surface area (TPSA) is 46.6 Å². The van der Waals surface area contributed by atoms with E-state index in [4.69, 9.17) is 4.43 Å². The van der Waals surface area contributed by atoms with Crippen molar-refractivity contribution < 1.29 is 12.8 Å². The lowest BCUT2D eigenvalue weighted by Crippen LogP contribution is -2.68. The van der Waals surface area contributed by atoms with Gasteiger partial charge >= 0.3 is 0 Å². The van der Waals surface area contributed by atoms with Crippen LogP contribution in [0.3, 0.4) is 0 Å². The first-order valence-corrected chi connectivity index (χ1v) is 17.7. The second kappa shape index (κ2) is 10.6. The van der Waals surface area contributed by atoms with Crippen LogP contribution >= 0.6 is 0 Å². The van der Waals surface area contributed by atoms with E-state index in [-0.39, 0.29) is 28.9 Å². The van der Waals surface area contributed by atoms with E-state index < -0.39 is 18.3 Å². The summed E-state index contributed by atoms with van der Waals surface area (Å²) in [7, 11) is -6.22. The molecule has 0 radical (unpaired) electrons. The summed E-state index contributed by atoms with van der Waals surface area (Å²) in [6, 6.07) is 28.9. The number of piperidine rings is 1. The first kappa shape index (κ1) is 28.3. The molecule has 0 bridgehead atoms. The Morgan fingerprint density at radius 1 is 0.795 bits per heavy atom. The van der Waals surface area contributed by atoms with Gasteiger partial charge in [-0.1, -0.05) is 113 Å². The van der Waals surface area contributed by atoms with Gasteiger partial charge in [0.2, 0.25) is 10.0 Å². The number of sulfonamides is 1. The number of hydrogen-bond donors (Lipinski definition) is 0. The average Bonchev–Trinajstić information content (AvgIpc) is 3.23. The Bertz CT molecular complexity index is 1330. The summed E-state index contributed by atoms with van der Waals surface area (Å²) in [5.41, 5.74) is 1.06. The molecule has 2 fully saturated rings. The highest BCUT2D eigenvalue weighted by Gasteiger charge is 2.56. The van der Waals surface area contributed by atoms with Crippen LogP contribution in [0.15, 0.2) is 89.8 Å². The molecule has 0 unspecified atom stereocenters. The molecule has 3 aromatic rings. The second-order valence-electron chi connectivity index (χ2n) is 12.9. The third kappa shape index (κ3) is 5.05. The summed E-state index contributed by atoms with van der Waals surface area (Å²) in [5.74, 6) is 1.26. The van der Waals surface area contributed by atoms with Crippen molar-refractivity contribution in [2.45, 2.75) is 64.0 Å². The SMILES string of the molecule is Cc1ccc(S(=O)(=O)N2C[C@H]3[C@H](C)[C@@H](O[Si](c4ccccc4)(c4ccccc4)C(C)(C)C)C[C@@H]3[C@@H](C)C2)cc1. The van der Waals surface area contributed by atoms with Crippen molar-refractivity contribution in [3.63, 3.8) is 0 Å². The maximum Gasteiger partial charge on any atom is 0.261 e. The highest BCUT2D eigenvalue weighted by Crippen LogP contribution is 2.49. The van der Waals surface area contributed by atoms with E-state index in [1.54, 1.807) is 16.4 Å². The van der Waals surface area contributed by atoms with Crippen molar-refractivity contribution in [1.82, 2.24) is 4.31 Å². The summed E-state index contributed by atoms with van der Waals surface area (Å²) in [4.78, 5) is 0.393. The van der Waals surface area contributed by atoms with Crippen LogP contribution in [0.4, 0.5) is 0 Å². The monoisotopic (exact) mass is 561 g/mol. The molecule has 1 saturated carbocycles. The highest BCUT2D eigenvalue weighted by molar-refractivity contribution is 7.89. The highest BCUT2D eigenvalue weighted by atomic mass is 32.2. The number of benzene rings is 3. The van der Waals surface area contributed by atoms with Crippen molar-refractivity contribution in [2.75, 3.05) is 13.1 Å². The number of aryl methyl sites for hydroxylation is 1. The molecule has 3 aromatic carbocycles. The average molecular weight is 562 g/mol. The molecule has 0 aromatic heterocycles. The summed E-state index contributed by atoms with van der Waals surface area (Å²) < 4.78 is 36.6. The van der Waals surface area contributed by atoms with E-state index in [2.05, 4.69) is 95.3 Å². The quantitative estimate of drug-likeness (QED) is 0.355. The minimum Gasteiger partial charge on any atom is -0.404 e. The Morgan fingerprint density at radius 2 is 1.33 bits per heavy atom. The molecule has 4 nitrogen and oxygen atoms in total. The van der Waals surface area contributed by atoms with Gasteiger partial charge in [-0.3, -0.25) is 0 Å². The second-order valence-corrected chi connectivity index (χ2v) is 19.0. The van der Waals surface area contributed by atoms with Crippen LogP contribution < -0.4 is 10.4 Å². The van der Waals surface area contributed by atoms with Crippen LogP contribution in [0, 0.1) is 30.6 Å². The van der Waals surface area contributed by atoms with Gasteiger partial charge < -0.3 is 4.43 Å². The van der Waals surface area contributed by atoms with Gasteiger partial charge in [-0.15, -0.1) is 0 Å². The first-order chi connectivity index (χ1) is 18.4. The lowest BCUT2D eigenvalue weighted by atomic mass is 9.79. The molecule has 0 amide bonds. The molecule has 1 aliphatic carbocycles. The summed E-state index contributed by atoms with van der Waals surface area (Å²) >= 11 is 0. The molecular weight excluding hydrogens is 519 g/mol. The Hall–Kier alpha value is -2.25. The van der Waals surface area contributed by atoms with Crippen LogP contribution in [0.1, 0.15) is 46.6 Å². The van der Waals surface area contributed by atoms with Gasteiger partial charge in [-0.2, -0.15) is 4.31 Å². The molecule has 208 valence electrons. The Morgan fingerprint density at radius 3 is 1.85 bits per heavy atom. The van der Waals surface area contributed by atoms with E-state index >= 15 is 0 Å². The number of rotatable bonds is 6. The molecule has 39 heavy (non-hydrogen) atoms. The van der Waals surface area contributed by atoms with Crippen LogP contribution in [0.25, 0.3) is 0 Å². The van der Waals surface area contributed by atoms with Crippen LogP contribution in [-0.4, -0.2) is 40.2 Å². The largest absolute Gasteiger partial charge is 0.404 e. The van der Waals surface area contributed by atoms with Gasteiger partial charge in [0.15, 0.2) is 0 Å². The fourth-order valence-corrected chi connectivity index (χ4v) is 13.5. The molecule has 1 aliphatic heterocycles. The Balaban J connectivity index is 1.48. The molecule has 1 saturated heterocycles. The zero-order chi connectivity index (χ0) is 28.0. The van der Waals surface area contributed by atoms with E-state index in [9.17, 15) is 8.42 Å². The van der Waals surface area contributed by atoms with E-state index in [0.717, 1.165) is 12.0 Å². The summed E-state index contributed by atoms with van der Waals surface area (Å²) in [6.07, 6.45) is 1.06. The predicted octanol–water partition coefficient (Wildman–Crippen LogP) is 5.85. The molecule has 0 N–H and O–H groups in total. The zero-order valence-electron chi connectivity index (χ0n) is 24.2. The van der Waals surface area contributed by atoms with Crippen molar-refractivity contribution in [3.05, 3.63) is 90.5 Å². The van der Waals surface area contributed by atoms with Gasteiger partial charge in [0, 0.05) is 19.2 Å². The number of fused-ring (bicyclic) bond motifs is 1. The summed E-state index contributed by atoms with van der Waals surface area (Å²) in [5, 5.41) is 2.50. The molecule has 0 spiro atoms. The van der Waals surface area contributed by atoms with Crippen molar-refractivity contribution >= 4 is 28.7 Å². The lowest BCUT2D eigenvalue weighted by molar-refractivity contribution is 0.116. The predicted molar refractivity (Wildman–Crippen MR) is 162 cm³/mol. The van der Waals surface area contributed by atoms with E-state index in [0.29, 0.717) is 23.9 Å². The van der Waals surface area contributed by atoms with Crippen molar-refractivity contribution in [1.29, 1.82) is 0 Å². The van der Waals surface area contributed by atoms with Gasteiger partial charge in [0.25, 0.3) is 8.32 Å². The number of nitrogens with zero attached hydrogens (tertiary/aromatic N) is 1. The fraction of sp³-hybridized carbons (Fsp3) is 0.455. The van der Waals surface area contributed by atoms with Crippen molar-refractivity contribution in [2.24, 2.45) is 23.7 Å². The Labute approximate surface area is 236 Å². The molecule has 5 rings (SSSR count). The zero-order valence-corrected chi connectivity index (χ0v) is 26.0. The van der Waals surface area contributed by atoms with Gasteiger partial charge in [0.05, 0.1) is 4.90 Å². The first-order valence-electron chi connectivity index (χ1n) is 14.3. The van der Waals surface area contributed by atoms with Crippen LogP contribution in [0.2, 0.25) is 5.04 Å².